The number of aryl methyl sites for hydroxylation is 1. The van der Waals surface area contributed by atoms with Crippen LogP contribution in [-0.2, 0) is 4.79 Å². The highest BCUT2D eigenvalue weighted by Crippen LogP contribution is 2.32. The maximum atomic E-state index is 12.8. The van der Waals surface area contributed by atoms with E-state index in [0.717, 1.165) is 22.6 Å². The number of amides is 1. The van der Waals surface area contributed by atoms with E-state index in [1.54, 1.807) is 31.6 Å². The van der Waals surface area contributed by atoms with Crippen LogP contribution in [-0.4, -0.2) is 45.6 Å². The molecule has 1 N–H and O–H groups in total. The van der Waals surface area contributed by atoms with E-state index in [4.69, 9.17) is 21.1 Å². The Morgan fingerprint density at radius 1 is 1.12 bits per heavy atom. The molecule has 2 aromatic carbocycles. The zero-order valence-electron chi connectivity index (χ0n) is 18.8. The third-order valence-electron chi connectivity index (χ3n) is 4.97. The largest absolute Gasteiger partial charge is 0.497 e. The summed E-state index contributed by atoms with van der Waals surface area (Å²) in [5, 5.41) is 12.7. The fourth-order valence-electron chi connectivity index (χ4n) is 3.26. The van der Waals surface area contributed by atoms with Crippen LogP contribution < -0.4 is 14.8 Å². The minimum Gasteiger partial charge on any atom is -0.497 e. The Morgan fingerprint density at radius 2 is 1.91 bits per heavy atom. The summed E-state index contributed by atoms with van der Waals surface area (Å²) in [5.41, 5.74) is 3.04. The summed E-state index contributed by atoms with van der Waals surface area (Å²) in [7, 11) is 3.15. The Bertz CT molecular complexity index is 1300. The molecule has 8 nitrogen and oxygen atoms in total. The average Bonchev–Trinajstić information content (AvgIpc) is 3.29. The van der Waals surface area contributed by atoms with Crippen LogP contribution >= 0.6 is 23.4 Å². The number of carbonyl (C=O) groups excluding carboxylic acids is 1. The molecule has 0 saturated heterocycles. The van der Waals surface area contributed by atoms with Crippen molar-refractivity contribution in [1.82, 2.24) is 19.7 Å². The van der Waals surface area contributed by atoms with E-state index in [0.29, 0.717) is 27.4 Å². The molecule has 0 atom stereocenters. The molecule has 2 heterocycles. The molecule has 1 amide bonds. The second kappa shape index (κ2) is 10.6. The number of hydrogen-bond acceptors (Lipinski definition) is 7. The van der Waals surface area contributed by atoms with Crippen molar-refractivity contribution in [2.24, 2.45) is 0 Å². The van der Waals surface area contributed by atoms with E-state index in [2.05, 4.69) is 20.5 Å². The monoisotopic (exact) mass is 495 g/mol. The number of pyridine rings is 1. The van der Waals surface area contributed by atoms with Crippen LogP contribution in [0.5, 0.6) is 11.5 Å². The number of thioether (sulfide) groups is 1. The van der Waals surface area contributed by atoms with Gasteiger partial charge in [-0.3, -0.25) is 14.3 Å². The predicted molar refractivity (Wildman–Crippen MR) is 133 cm³/mol. The van der Waals surface area contributed by atoms with Crippen molar-refractivity contribution in [2.75, 3.05) is 25.3 Å². The highest BCUT2D eigenvalue weighted by atomic mass is 35.5. The first-order valence-electron chi connectivity index (χ1n) is 10.3. The van der Waals surface area contributed by atoms with Crippen LogP contribution in [0.25, 0.3) is 17.1 Å². The molecule has 0 aliphatic heterocycles. The van der Waals surface area contributed by atoms with Crippen molar-refractivity contribution < 1.29 is 14.3 Å². The number of halogens is 1. The number of hydrogen-bond donors (Lipinski definition) is 1. The third-order valence-corrected chi connectivity index (χ3v) is 6.31. The minimum atomic E-state index is -0.211. The number of ether oxygens (including phenoxy) is 2. The molecule has 0 saturated carbocycles. The zero-order chi connectivity index (χ0) is 24.1. The highest BCUT2D eigenvalue weighted by molar-refractivity contribution is 7.99. The van der Waals surface area contributed by atoms with Gasteiger partial charge in [-0.1, -0.05) is 23.4 Å². The first kappa shape index (κ1) is 23.6. The van der Waals surface area contributed by atoms with Gasteiger partial charge in [0.15, 0.2) is 11.0 Å². The van der Waals surface area contributed by atoms with Gasteiger partial charge >= 0.3 is 0 Å². The fourth-order valence-corrected chi connectivity index (χ4v) is 4.16. The van der Waals surface area contributed by atoms with Gasteiger partial charge in [-0.05, 0) is 55.0 Å². The topological polar surface area (TPSA) is 91.2 Å². The maximum Gasteiger partial charge on any atom is 0.234 e. The van der Waals surface area contributed by atoms with Crippen molar-refractivity contribution in [1.29, 1.82) is 0 Å². The maximum absolute atomic E-state index is 12.8. The van der Waals surface area contributed by atoms with E-state index in [-0.39, 0.29) is 11.7 Å². The summed E-state index contributed by atoms with van der Waals surface area (Å²) >= 11 is 7.44. The molecule has 0 radical (unpaired) electrons. The number of nitrogens with one attached hydrogen (secondary N) is 1. The first-order chi connectivity index (χ1) is 16.5. The minimum absolute atomic E-state index is 0.117. The van der Waals surface area contributed by atoms with E-state index in [1.807, 2.05) is 47.9 Å². The van der Waals surface area contributed by atoms with Crippen molar-refractivity contribution in [3.63, 3.8) is 0 Å². The molecule has 2 aromatic heterocycles. The first-order valence-corrected chi connectivity index (χ1v) is 11.6. The van der Waals surface area contributed by atoms with Crippen LogP contribution in [0, 0.1) is 6.92 Å². The lowest BCUT2D eigenvalue weighted by atomic mass is 10.2. The normalized spacial score (nSPS) is 10.7. The van der Waals surface area contributed by atoms with Crippen LogP contribution in [0.4, 0.5) is 5.69 Å². The summed E-state index contributed by atoms with van der Waals surface area (Å²) in [6, 6.07) is 14.8. The molecule has 0 unspecified atom stereocenters. The summed E-state index contributed by atoms with van der Waals surface area (Å²) in [5.74, 6) is 1.76. The standard InChI is InChI=1S/C24H22ClN5O3S/c1-15-11-20(21(33-3)12-19(15)25)27-22(31)14-34-24-29-28-23(16-5-4-10-26-13-16)30(24)17-6-8-18(32-2)9-7-17/h4-13H,14H2,1-3H3,(H,27,31). The molecule has 10 heteroatoms. The Balaban J connectivity index is 1.59. The van der Waals surface area contributed by atoms with Crippen molar-refractivity contribution in [3.8, 4) is 28.6 Å². The van der Waals surface area contributed by atoms with Gasteiger partial charge in [0, 0.05) is 34.7 Å². The Morgan fingerprint density at radius 3 is 2.59 bits per heavy atom. The van der Waals surface area contributed by atoms with Gasteiger partial charge in [0.05, 0.1) is 25.7 Å². The molecule has 0 aliphatic carbocycles. The summed E-state index contributed by atoms with van der Waals surface area (Å²) < 4.78 is 12.5. The average molecular weight is 496 g/mol. The van der Waals surface area contributed by atoms with Gasteiger partial charge in [-0.15, -0.1) is 10.2 Å². The zero-order valence-corrected chi connectivity index (χ0v) is 20.4. The van der Waals surface area contributed by atoms with E-state index >= 15 is 0 Å². The molecular formula is C24H22ClN5O3S. The number of carbonyl (C=O) groups is 1. The van der Waals surface area contributed by atoms with Crippen molar-refractivity contribution >= 4 is 35.0 Å². The van der Waals surface area contributed by atoms with E-state index in [1.165, 1.54) is 18.9 Å². The third kappa shape index (κ3) is 5.16. The fraction of sp³-hybridized carbons (Fsp3) is 0.167. The van der Waals surface area contributed by atoms with E-state index in [9.17, 15) is 4.79 Å². The van der Waals surface area contributed by atoms with Crippen molar-refractivity contribution in [2.45, 2.75) is 12.1 Å². The van der Waals surface area contributed by atoms with Gasteiger partial charge in [-0.2, -0.15) is 0 Å². The number of anilines is 1. The smallest absolute Gasteiger partial charge is 0.234 e. The molecule has 4 rings (SSSR count). The molecule has 174 valence electrons. The van der Waals surface area contributed by atoms with Gasteiger partial charge in [0.25, 0.3) is 0 Å². The molecular weight excluding hydrogens is 474 g/mol. The number of benzene rings is 2. The predicted octanol–water partition coefficient (Wildman–Crippen LogP) is 5.04. The Kier molecular flexibility index (Phi) is 7.34. The summed E-state index contributed by atoms with van der Waals surface area (Å²) in [4.78, 5) is 16.9. The second-order valence-corrected chi connectivity index (χ2v) is 8.57. The van der Waals surface area contributed by atoms with Crippen LogP contribution in [0.2, 0.25) is 5.02 Å². The second-order valence-electron chi connectivity index (χ2n) is 7.22. The quantitative estimate of drug-likeness (QED) is 0.342. The lowest BCUT2D eigenvalue weighted by Gasteiger charge is -2.13. The van der Waals surface area contributed by atoms with Gasteiger partial charge in [0.1, 0.15) is 11.5 Å². The van der Waals surface area contributed by atoms with Crippen LogP contribution in [0.15, 0.2) is 66.1 Å². The lowest BCUT2D eigenvalue weighted by Crippen LogP contribution is -2.15. The number of aromatic nitrogens is 4. The Labute approximate surface area is 206 Å². The number of nitrogens with zero attached hydrogens (tertiary/aromatic N) is 4. The highest BCUT2D eigenvalue weighted by Gasteiger charge is 2.18. The summed E-state index contributed by atoms with van der Waals surface area (Å²) in [6.07, 6.45) is 3.42. The van der Waals surface area contributed by atoms with Crippen LogP contribution in [0.3, 0.4) is 0 Å². The van der Waals surface area contributed by atoms with Crippen molar-refractivity contribution in [3.05, 3.63) is 71.5 Å². The molecule has 0 spiro atoms. The van der Waals surface area contributed by atoms with Gasteiger partial charge in [-0.25, -0.2) is 0 Å². The molecule has 4 aromatic rings. The van der Waals surface area contributed by atoms with Crippen LogP contribution in [0.1, 0.15) is 5.56 Å². The number of methoxy groups -OCH3 is 2. The lowest BCUT2D eigenvalue weighted by molar-refractivity contribution is -0.113. The van der Waals surface area contributed by atoms with Gasteiger partial charge in [0.2, 0.25) is 5.91 Å². The number of rotatable bonds is 8. The van der Waals surface area contributed by atoms with E-state index < -0.39 is 0 Å². The van der Waals surface area contributed by atoms with Gasteiger partial charge < -0.3 is 14.8 Å². The molecule has 0 aliphatic rings. The molecule has 0 fully saturated rings. The molecule has 34 heavy (non-hydrogen) atoms. The Hall–Kier alpha value is -3.56. The summed E-state index contributed by atoms with van der Waals surface area (Å²) in [6.45, 7) is 1.86. The SMILES string of the molecule is COc1ccc(-n2c(SCC(=O)Nc3cc(C)c(Cl)cc3OC)nnc2-c2cccnc2)cc1. The molecule has 0 bridgehead atoms.